The quantitative estimate of drug-likeness (QED) is 0.892. The lowest BCUT2D eigenvalue weighted by molar-refractivity contribution is 0.0649. The second-order valence-electron chi connectivity index (χ2n) is 5.00. The molecule has 2 heterocycles. The van der Waals surface area contributed by atoms with Crippen LogP contribution in [-0.4, -0.2) is 34.6 Å². The van der Waals surface area contributed by atoms with E-state index in [2.05, 4.69) is 0 Å². The van der Waals surface area contributed by atoms with E-state index in [4.69, 9.17) is 4.42 Å². The number of nitrogens with zero attached hydrogens (tertiary/aromatic N) is 1. The lowest BCUT2D eigenvalue weighted by Gasteiger charge is -2.24. The Kier molecular flexibility index (Phi) is 4.07. The molecule has 100 valence electrons. The number of rotatable bonds is 4. The number of aliphatic hydroxyl groups excluding tert-OH is 1. The number of carbonyl (C=O) groups is 1. The van der Waals surface area contributed by atoms with Gasteiger partial charge in [-0.1, -0.05) is 6.92 Å². The zero-order valence-electron chi connectivity index (χ0n) is 11.1. The van der Waals surface area contributed by atoms with Crippen LogP contribution in [0, 0.1) is 0 Å². The summed E-state index contributed by atoms with van der Waals surface area (Å²) >= 11 is 0. The maximum atomic E-state index is 12.3. The SMILES string of the molecule is CCc1ccc(C(=O)N2CCCC2CC(C)O)o1. The topological polar surface area (TPSA) is 53.7 Å². The fourth-order valence-electron chi connectivity index (χ4n) is 2.57. The van der Waals surface area contributed by atoms with Crippen molar-refractivity contribution in [3.8, 4) is 0 Å². The van der Waals surface area contributed by atoms with Gasteiger partial charge in [0.1, 0.15) is 5.76 Å². The van der Waals surface area contributed by atoms with Crippen LogP contribution in [0.5, 0.6) is 0 Å². The summed E-state index contributed by atoms with van der Waals surface area (Å²) in [6.07, 6.45) is 3.05. The molecule has 1 aliphatic heterocycles. The fraction of sp³-hybridized carbons (Fsp3) is 0.643. The van der Waals surface area contributed by atoms with Gasteiger partial charge in [0, 0.05) is 19.0 Å². The van der Waals surface area contributed by atoms with Crippen LogP contribution in [-0.2, 0) is 6.42 Å². The highest BCUT2D eigenvalue weighted by Gasteiger charge is 2.31. The number of amides is 1. The van der Waals surface area contributed by atoms with Gasteiger partial charge in [0.15, 0.2) is 5.76 Å². The van der Waals surface area contributed by atoms with Gasteiger partial charge < -0.3 is 14.4 Å². The Hall–Kier alpha value is -1.29. The zero-order valence-corrected chi connectivity index (χ0v) is 11.1. The van der Waals surface area contributed by atoms with Gasteiger partial charge in [0.05, 0.1) is 6.10 Å². The normalized spacial score (nSPS) is 21.3. The molecule has 0 spiro atoms. The van der Waals surface area contributed by atoms with E-state index in [-0.39, 0.29) is 18.1 Å². The van der Waals surface area contributed by atoms with Gasteiger partial charge in [-0.2, -0.15) is 0 Å². The summed E-state index contributed by atoms with van der Waals surface area (Å²) in [5.41, 5.74) is 0. The second kappa shape index (κ2) is 5.57. The van der Waals surface area contributed by atoms with Crippen molar-refractivity contribution in [2.24, 2.45) is 0 Å². The van der Waals surface area contributed by atoms with Crippen molar-refractivity contribution in [1.82, 2.24) is 4.90 Å². The maximum Gasteiger partial charge on any atom is 0.289 e. The summed E-state index contributed by atoms with van der Waals surface area (Å²) in [5, 5.41) is 9.46. The van der Waals surface area contributed by atoms with Crippen molar-refractivity contribution >= 4 is 5.91 Å². The largest absolute Gasteiger partial charge is 0.456 e. The lowest BCUT2D eigenvalue weighted by Crippen LogP contribution is -2.37. The van der Waals surface area contributed by atoms with Gasteiger partial charge in [-0.3, -0.25) is 4.79 Å². The molecule has 1 fully saturated rings. The third kappa shape index (κ3) is 2.75. The molecule has 2 unspecified atom stereocenters. The smallest absolute Gasteiger partial charge is 0.289 e. The molecular weight excluding hydrogens is 230 g/mol. The summed E-state index contributed by atoms with van der Waals surface area (Å²) in [7, 11) is 0. The van der Waals surface area contributed by atoms with Crippen molar-refractivity contribution in [3.05, 3.63) is 23.7 Å². The highest BCUT2D eigenvalue weighted by atomic mass is 16.4. The molecule has 4 nitrogen and oxygen atoms in total. The van der Waals surface area contributed by atoms with Crippen LogP contribution in [0.1, 0.15) is 49.4 Å². The van der Waals surface area contributed by atoms with Crippen molar-refractivity contribution in [1.29, 1.82) is 0 Å². The molecule has 2 atom stereocenters. The van der Waals surface area contributed by atoms with E-state index in [1.54, 1.807) is 13.0 Å². The number of furan rings is 1. The number of aliphatic hydroxyl groups is 1. The van der Waals surface area contributed by atoms with E-state index in [0.717, 1.165) is 31.6 Å². The van der Waals surface area contributed by atoms with Crippen molar-refractivity contribution in [2.75, 3.05) is 6.54 Å². The van der Waals surface area contributed by atoms with Crippen molar-refractivity contribution < 1.29 is 14.3 Å². The highest BCUT2D eigenvalue weighted by molar-refractivity contribution is 5.92. The molecule has 0 aliphatic carbocycles. The number of hydrogen-bond acceptors (Lipinski definition) is 3. The predicted octanol–water partition coefficient (Wildman–Crippen LogP) is 2.22. The molecule has 0 radical (unpaired) electrons. The molecule has 4 heteroatoms. The van der Waals surface area contributed by atoms with Crippen molar-refractivity contribution in [2.45, 2.75) is 51.7 Å². The minimum absolute atomic E-state index is 0.0437. The van der Waals surface area contributed by atoms with Gasteiger partial charge in [0.25, 0.3) is 5.91 Å². The minimum Gasteiger partial charge on any atom is -0.456 e. The fourth-order valence-corrected chi connectivity index (χ4v) is 2.57. The zero-order chi connectivity index (χ0) is 13.1. The number of likely N-dealkylation sites (tertiary alicyclic amines) is 1. The molecule has 1 amide bonds. The monoisotopic (exact) mass is 251 g/mol. The first-order valence-electron chi connectivity index (χ1n) is 6.69. The molecule has 0 bridgehead atoms. The first-order chi connectivity index (χ1) is 8.61. The van der Waals surface area contributed by atoms with Crippen LogP contribution in [0.4, 0.5) is 0 Å². The molecule has 1 aromatic rings. The summed E-state index contributed by atoms with van der Waals surface area (Å²) in [6.45, 7) is 4.53. The van der Waals surface area contributed by atoms with E-state index in [0.29, 0.717) is 12.2 Å². The first kappa shape index (κ1) is 13.1. The number of carbonyl (C=O) groups excluding carboxylic acids is 1. The molecule has 0 saturated carbocycles. The van der Waals surface area contributed by atoms with Crippen LogP contribution >= 0.6 is 0 Å². The van der Waals surface area contributed by atoms with Gasteiger partial charge in [-0.15, -0.1) is 0 Å². The van der Waals surface area contributed by atoms with Crippen LogP contribution in [0.2, 0.25) is 0 Å². The van der Waals surface area contributed by atoms with E-state index in [1.165, 1.54) is 0 Å². The molecule has 1 aliphatic rings. The highest BCUT2D eigenvalue weighted by Crippen LogP contribution is 2.24. The summed E-state index contributed by atoms with van der Waals surface area (Å²) in [5.74, 6) is 1.21. The van der Waals surface area contributed by atoms with E-state index in [9.17, 15) is 9.90 Å². The van der Waals surface area contributed by atoms with E-state index >= 15 is 0 Å². The average molecular weight is 251 g/mol. The molecule has 1 saturated heterocycles. The molecular formula is C14H21NO3. The number of aryl methyl sites for hydroxylation is 1. The van der Waals surface area contributed by atoms with Crippen LogP contribution in [0.25, 0.3) is 0 Å². The van der Waals surface area contributed by atoms with E-state index in [1.807, 2.05) is 17.9 Å². The third-order valence-electron chi connectivity index (χ3n) is 3.47. The van der Waals surface area contributed by atoms with Gasteiger partial charge in [-0.05, 0) is 38.3 Å². The van der Waals surface area contributed by atoms with E-state index < -0.39 is 0 Å². The van der Waals surface area contributed by atoms with Gasteiger partial charge in [-0.25, -0.2) is 0 Å². The maximum absolute atomic E-state index is 12.3. The molecule has 1 N–H and O–H groups in total. The number of hydrogen-bond donors (Lipinski definition) is 1. The molecule has 18 heavy (non-hydrogen) atoms. The van der Waals surface area contributed by atoms with Crippen LogP contribution in [0.15, 0.2) is 16.5 Å². The third-order valence-corrected chi connectivity index (χ3v) is 3.47. The Labute approximate surface area is 108 Å². The average Bonchev–Trinajstić information content (AvgIpc) is 2.95. The summed E-state index contributed by atoms with van der Waals surface area (Å²) in [4.78, 5) is 14.2. The Balaban J connectivity index is 2.07. The van der Waals surface area contributed by atoms with Gasteiger partial charge >= 0.3 is 0 Å². The minimum atomic E-state index is -0.369. The van der Waals surface area contributed by atoms with Crippen LogP contribution in [0.3, 0.4) is 0 Å². The van der Waals surface area contributed by atoms with Crippen molar-refractivity contribution in [3.63, 3.8) is 0 Å². The first-order valence-corrected chi connectivity index (χ1v) is 6.69. The predicted molar refractivity (Wildman–Crippen MR) is 68.4 cm³/mol. The van der Waals surface area contributed by atoms with Crippen LogP contribution < -0.4 is 0 Å². The Bertz CT molecular complexity index is 411. The Morgan fingerprint density at radius 2 is 2.39 bits per heavy atom. The summed E-state index contributed by atoms with van der Waals surface area (Å²) < 4.78 is 5.51. The second-order valence-corrected chi connectivity index (χ2v) is 5.00. The lowest BCUT2D eigenvalue weighted by atomic mass is 10.1. The Morgan fingerprint density at radius 1 is 1.61 bits per heavy atom. The standard InChI is InChI=1S/C14H21NO3/c1-3-12-6-7-13(18-12)14(17)15-8-4-5-11(15)9-10(2)16/h6-7,10-11,16H,3-5,8-9H2,1-2H3. The summed E-state index contributed by atoms with van der Waals surface area (Å²) in [6, 6.07) is 3.75. The van der Waals surface area contributed by atoms with Gasteiger partial charge in [0.2, 0.25) is 0 Å². The molecule has 1 aromatic heterocycles. The Morgan fingerprint density at radius 3 is 3.00 bits per heavy atom. The molecule has 2 rings (SSSR count). The molecule has 0 aromatic carbocycles.